The Balaban J connectivity index is 2.23. The number of carbonyl (C=O) groups is 1. The van der Waals surface area contributed by atoms with Crippen LogP contribution in [0.15, 0.2) is 23.2 Å². The highest BCUT2D eigenvalue weighted by molar-refractivity contribution is 14.1. The largest absolute Gasteiger partial charge is 0.301 e. The fraction of sp³-hybridized carbons (Fsp3) is 0.200. The van der Waals surface area contributed by atoms with Gasteiger partial charge in [0.1, 0.15) is 0 Å². The van der Waals surface area contributed by atoms with Crippen molar-refractivity contribution in [1.29, 1.82) is 0 Å². The predicted molar refractivity (Wildman–Crippen MR) is 78.0 cm³/mol. The quantitative estimate of drug-likeness (QED) is 0.486. The van der Waals surface area contributed by atoms with Crippen LogP contribution in [0, 0.1) is 13.7 Å². The van der Waals surface area contributed by atoms with Crippen molar-refractivity contribution in [2.24, 2.45) is 4.99 Å². The second kappa shape index (κ2) is 5.65. The number of nitro groups is 1. The first kappa shape index (κ1) is 13.3. The highest BCUT2D eigenvalue weighted by atomic mass is 127. The number of amides is 1. The molecule has 94 valence electrons. The van der Waals surface area contributed by atoms with Crippen molar-refractivity contribution in [3.63, 3.8) is 0 Å². The molecule has 0 spiro atoms. The summed E-state index contributed by atoms with van der Waals surface area (Å²) in [6.45, 7) is 0.687. The third kappa shape index (κ3) is 2.99. The molecular formula is C10H8IN3O3S. The number of nitrogens with zero attached hydrogens (tertiary/aromatic N) is 2. The van der Waals surface area contributed by atoms with Crippen LogP contribution in [0.25, 0.3) is 0 Å². The number of aliphatic imine (C=N–C) groups is 1. The molecule has 1 heterocycles. The normalized spacial score (nSPS) is 14.2. The number of hydrogen-bond acceptors (Lipinski definition) is 5. The van der Waals surface area contributed by atoms with E-state index in [1.807, 2.05) is 22.6 Å². The molecule has 0 aliphatic carbocycles. The van der Waals surface area contributed by atoms with Crippen molar-refractivity contribution in [3.8, 4) is 0 Å². The third-order valence-corrected chi connectivity index (χ3v) is 4.04. The average Bonchev–Trinajstić information content (AvgIpc) is 2.81. The Morgan fingerprint density at radius 1 is 1.56 bits per heavy atom. The van der Waals surface area contributed by atoms with E-state index in [2.05, 4.69) is 10.3 Å². The van der Waals surface area contributed by atoms with E-state index in [9.17, 15) is 14.9 Å². The Labute approximate surface area is 121 Å². The molecule has 8 heteroatoms. The van der Waals surface area contributed by atoms with Crippen molar-refractivity contribution >= 4 is 51.1 Å². The number of non-ortho nitro benzene ring substituents is 1. The molecule has 6 nitrogen and oxygen atoms in total. The Kier molecular flexibility index (Phi) is 4.17. The van der Waals surface area contributed by atoms with Gasteiger partial charge in [0.05, 0.1) is 17.0 Å². The van der Waals surface area contributed by atoms with Crippen LogP contribution in [0.3, 0.4) is 0 Å². The minimum absolute atomic E-state index is 0.0958. The molecule has 1 amide bonds. The van der Waals surface area contributed by atoms with Gasteiger partial charge in [-0.2, -0.15) is 0 Å². The minimum Gasteiger partial charge on any atom is -0.301 e. The maximum absolute atomic E-state index is 12.0. The number of thioether (sulfide) groups is 1. The molecule has 1 aromatic rings. The molecule has 0 atom stereocenters. The van der Waals surface area contributed by atoms with Gasteiger partial charge in [0.25, 0.3) is 11.6 Å². The van der Waals surface area contributed by atoms with E-state index >= 15 is 0 Å². The van der Waals surface area contributed by atoms with Gasteiger partial charge in [-0.05, 0) is 28.7 Å². The zero-order valence-electron chi connectivity index (χ0n) is 9.05. The standard InChI is InChI=1S/C10H8IN3O3S/c11-8-2-1-6(14(16)17)5-7(8)9(15)13-10-12-3-4-18-10/h1-2,5H,3-4H2,(H,12,13,15). The number of hydrogen-bond donors (Lipinski definition) is 1. The number of carbonyl (C=O) groups excluding carboxylic acids is 1. The second-order valence-corrected chi connectivity index (χ2v) is 5.66. The van der Waals surface area contributed by atoms with Crippen LogP contribution < -0.4 is 5.32 Å². The molecule has 18 heavy (non-hydrogen) atoms. The number of halogens is 1. The Hall–Kier alpha value is -1.16. The van der Waals surface area contributed by atoms with Crippen LogP contribution in [-0.2, 0) is 0 Å². The molecule has 0 saturated heterocycles. The van der Waals surface area contributed by atoms with Gasteiger partial charge in [0.2, 0.25) is 0 Å². The van der Waals surface area contributed by atoms with E-state index in [1.165, 1.54) is 23.9 Å². The number of amidine groups is 1. The average molecular weight is 377 g/mol. The minimum atomic E-state index is -0.519. The van der Waals surface area contributed by atoms with Crippen molar-refractivity contribution < 1.29 is 9.72 Å². The Bertz CT molecular complexity index is 547. The molecule has 0 aromatic heterocycles. The highest BCUT2D eigenvalue weighted by Gasteiger charge is 2.18. The molecule has 1 aliphatic rings. The topological polar surface area (TPSA) is 84.6 Å². The second-order valence-electron chi connectivity index (χ2n) is 3.41. The van der Waals surface area contributed by atoms with E-state index < -0.39 is 4.92 Å². The molecule has 1 aromatic carbocycles. The maximum Gasteiger partial charge on any atom is 0.270 e. The first-order valence-electron chi connectivity index (χ1n) is 5.00. The van der Waals surface area contributed by atoms with Gasteiger partial charge in [-0.15, -0.1) is 0 Å². The summed E-state index contributed by atoms with van der Waals surface area (Å²) < 4.78 is 0.666. The Morgan fingerprint density at radius 3 is 2.94 bits per heavy atom. The van der Waals surface area contributed by atoms with E-state index in [1.54, 1.807) is 6.07 Å². The van der Waals surface area contributed by atoms with E-state index in [0.29, 0.717) is 20.8 Å². The zero-order valence-corrected chi connectivity index (χ0v) is 12.0. The van der Waals surface area contributed by atoms with Crippen LogP contribution >= 0.6 is 34.4 Å². The number of nitro benzene ring substituents is 1. The lowest BCUT2D eigenvalue weighted by molar-refractivity contribution is -0.384. The van der Waals surface area contributed by atoms with Gasteiger partial charge in [-0.1, -0.05) is 11.8 Å². The first-order valence-corrected chi connectivity index (χ1v) is 7.07. The molecule has 1 aliphatic heterocycles. The monoisotopic (exact) mass is 377 g/mol. The number of rotatable bonds is 2. The molecule has 0 saturated carbocycles. The molecule has 0 radical (unpaired) electrons. The highest BCUT2D eigenvalue weighted by Crippen LogP contribution is 2.20. The molecule has 0 unspecified atom stereocenters. The van der Waals surface area contributed by atoms with E-state index in [0.717, 1.165) is 5.75 Å². The lowest BCUT2D eigenvalue weighted by Crippen LogP contribution is -2.28. The molecule has 1 N–H and O–H groups in total. The summed E-state index contributed by atoms with van der Waals surface area (Å²) in [6, 6.07) is 4.20. The van der Waals surface area contributed by atoms with Gasteiger partial charge in [0.15, 0.2) is 5.17 Å². The fourth-order valence-electron chi connectivity index (χ4n) is 1.38. The lowest BCUT2D eigenvalue weighted by atomic mass is 10.2. The van der Waals surface area contributed by atoms with E-state index in [4.69, 9.17) is 0 Å². The summed E-state index contributed by atoms with van der Waals surface area (Å²) in [4.78, 5) is 26.2. The van der Waals surface area contributed by atoms with Gasteiger partial charge in [-0.25, -0.2) is 0 Å². The van der Waals surface area contributed by atoms with Crippen LogP contribution in [0.5, 0.6) is 0 Å². The van der Waals surface area contributed by atoms with Crippen LogP contribution in [0.2, 0.25) is 0 Å². The molecule has 0 bridgehead atoms. The number of benzene rings is 1. The maximum atomic E-state index is 12.0. The smallest absolute Gasteiger partial charge is 0.270 e. The Morgan fingerprint density at radius 2 is 2.33 bits per heavy atom. The predicted octanol–water partition coefficient (Wildman–Crippen LogP) is 2.03. The fourth-order valence-corrected chi connectivity index (χ4v) is 2.68. The van der Waals surface area contributed by atoms with Gasteiger partial charge in [-0.3, -0.25) is 19.9 Å². The van der Waals surface area contributed by atoms with Crippen molar-refractivity contribution in [1.82, 2.24) is 5.32 Å². The van der Waals surface area contributed by atoms with Crippen molar-refractivity contribution in [3.05, 3.63) is 37.4 Å². The van der Waals surface area contributed by atoms with Crippen LogP contribution in [0.1, 0.15) is 10.4 Å². The summed E-state index contributed by atoms with van der Waals surface area (Å²) >= 11 is 3.44. The van der Waals surface area contributed by atoms with Gasteiger partial charge >= 0.3 is 0 Å². The van der Waals surface area contributed by atoms with Crippen molar-refractivity contribution in [2.45, 2.75) is 0 Å². The molecule has 2 rings (SSSR count). The summed E-state index contributed by atoms with van der Waals surface area (Å²) in [7, 11) is 0. The summed E-state index contributed by atoms with van der Waals surface area (Å²) in [5, 5.41) is 13.9. The lowest BCUT2D eigenvalue weighted by Gasteiger charge is -2.05. The first-order chi connectivity index (χ1) is 8.58. The van der Waals surface area contributed by atoms with E-state index in [-0.39, 0.29) is 11.6 Å². The number of nitrogens with one attached hydrogen (secondary N) is 1. The summed E-state index contributed by atoms with van der Waals surface area (Å²) in [6.07, 6.45) is 0. The summed E-state index contributed by atoms with van der Waals surface area (Å²) in [5.74, 6) is 0.484. The molecular weight excluding hydrogens is 369 g/mol. The van der Waals surface area contributed by atoms with Crippen LogP contribution in [-0.4, -0.2) is 28.3 Å². The molecule has 0 fully saturated rings. The van der Waals surface area contributed by atoms with Gasteiger partial charge in [0, 0.05) is 21.5 Å². The van der Waals surface area contributed by atoms with Gasteiger partial charge < -0.3 is 5.32 Å². The zero-order chi connectivity index (χ0) is 13.1. The SMILES string of the molecule is O=C(NC1=NCCS1)c1cc([N+](=O)[O-])ccc1I. The van der Waals surface area contributed by atoms with Crippen molar-refractivity contribution in [2.75, 3.05) is 12.3 Å². The third-order valence-electron chi connectivity index (χ3n) is 2.21. The van der Waals surface area contributed by atoms with Crippen LogP contribution in [0.4, 0.5) is 5.69 Å². The summed E-state index contributed by atoms with van der Waals surface area (Å²) in [5.41, 5.74) is 0.196.